The molecule has 1 N–H and O–H groups in total. The standard InChI is InChI=1S/C23H29N5O2/c1-5-6-7-15-30-18-11-9-17(10-12-18)21(29)26-20-16-19(23(2,3)4)27-28(20)22-24-13-8-14-25-22/h8-14,16H,5-7,15H2,1-4H3,(H,26,29). The fraction of sp³-hybridized carbons (Fsp3) is 0.391. The van der Waals surface area contributed by atoms with Gasteiger partial charge in [-0.1, -0.05) is 40.5 Å². The van der Waals surface area contributed by atoms with Gasteiger partial charge in [0.25, 0.3) is 11.9 Å². The Balaban J connectivity index is 1.77. The number of carbonyl (C=O) groups excluding carboxylic acids is 1. The van der Waals surface area contributed by atoms with Crippen molar-refractivity contribution in [1.29, 1.82) is 0 Å². The third-order valence-corrected chi connectivity index (χ3v) is 4.59. The topological polar surface area (TPSA) is 81.9 Å². The molecule has 1 aromatic carbocycles. The van der Waals surface area contributed by atoms with Crippen molar-refractivity contribution < 1.29 is 9.53 Å². The third kappa shape index (κ3) is 5.43. The van der Waals surface area contributed by atoms with Crippen LogP contribution in [0.5, 0.6) is 5.75 Å². The van der Waals surface area contributed by atoms with Gasteiger partial charge in [0.1, 0.15) is 11.6 Å². The van der Waals surface area contributed by atoms with E-state index >= 15 is 0 Å². The predicted molar refractivity (Wildman–Crippen MR) is 117 cm³/mol. The summed E-state index contributed by atoms with van der Waals surface area (Å²) in [5.41, 5.74) is 1.19. The van der Waals surface area contributed by atoms with Crippen LogP contribution in [0.3, 0.4) is 0 Å². The molecule has 7 heteroatoms. The summed E-state index contributed by atoms with van der Waals surface area (Å²) < 4.78 is 7.28. The van der Waals surface area contributed by atoms with E-state index in [0.717, 1.165) is 30.7 Å². The van der Waals surface area contributed by atoms with Gasteiger partial charge in [-0.2, -0.15) is 9.78 Å². The highest BCUT2D eigenvalue weighted by Gasteiger charge is 2.22. The molecule has 0 saturated heterocycles. The predicted octanol–water partition coefficient (Wildman–Crippen LogP) is 4.78. The van der Waals surface area contributed by atoms with E-state index < -0.39 is 0 Å². The minimum absolute atomic E-state index is 0.184. The number of anilines is 1. The van der Waals surface area contributed by atoms with E-state index in [2.05, 4.69) is 48.1 Å². The number of hydrogen-bond acceptors (Lipinski definition) is 5. The van der Waals surface area contributed by atoms with Crippen molar-refractivity contribution in [3.63, 3.8) is 0 Å². The van der Waals surface area contributed by atoms with Crippen LogP contribution in [-0.2, 0) is 5.41 Å². The molecule has 0 spiro atoms. The molecular weight excluding hydrogens is 378 g/mol. The molecule has 1 amide bonds. The van der Waals surface area contributed by atoms with Gasteiger partial charge in [-0.05, 0) is 36.8 Å². The summed E-state index contributed by atoms with van der Waals surface area (Å²) in [4.78, 5) is 21.4. The van der Waals surface area contributed by atoms with Crippen LogP contribution in [0, 0.1) is 0 Å². The summed E-state index contributed by atoms with van der Waals surface area (Å²) in [6.07, 6.45) is 6.62. The van der Waals surface area contributed by atoms with E-state index in [1.54, 1.807) is 35.3 Å². The van der Waals surface area contributed by atoms with Crippen molar-refractivity contribution in [3.8, 4) is 11.7 Å². The van der Waals surface area contributed by atoms with E-state index in [-0.39, 0.29) is 11.3 Å². The van der Waals surface area contributed by atoms with Gasteiger partial charge >= 0.3 is 0 Å². The first-order chi connectivity index (χ1) is 14.4. The highest BCUT2D eigenvalue weighted by atomic mass is 16.5. The molecule has 0 fully saturated rings. The van der Waals surface area contributed by atoms with E-state index in [0.29, 0.717) is 23.9 Å². The van der Waals surface area contributed by atoms with Crippen LogP contribution in [0.25, 0.3) is 5.95 Å². The summed E-state index contributed by atoms with van der Waals surface area (Å²) in [6, 6.07) is 10.8. The van der Waals surface area contributed by atoms with Crippen LogP contribution in [0.15, 0.2) is 48.8 Å². The van der Waals surface area contributed by atoms with Gasteiger partial charge in [-0.25, -0.2) is 9.97 Å². The molecule has 2 heterocycles. The Hall–Kier alpha value is -3.22. The second kappa shape index (κ2) is 9.52. The minimum atomic E-state index is -0.231. The highest BCUT2D eigenvalue weighted by Crippen LogP contribution is 2.25. The van der Waals surface area contributed by atoms with Gasteiger partial charge < -0.3 is 10.1 Å². The second-order valence-corrected chi connectivity index (χ2v) is 8.16. The van der Waals surface area contributed by atoms with Crippen molar-refractivity contribution >= 4 is 11.7 Å². The van der Waals surface area contributed by atoms with Crippen molar-refractivity contribution in [3.05, 3.63) is 60.0 Å². The molecule has 0 unspecified atom stereocenters. The average Bonchev–Trinajstić information content (AvgIpc) is 3.16. The number of rotatable bonds is 8. The number of benzene rings is 1. The van der Waals surface area contributed by atoms with Crippen molar-refractivity contribution in [2.24, 2.45) is 0 Å². The summed E-state index contributed by atoms with van der Waals surface area (Å²) in [7, 11) is 0. The maximum atomic E-state index is 12.8. The molecule has 30 heavy (non-hydrogen) atoms. The zero-order valence-electron chi connectivity index (χ0n) is 18.1. The Kier molecular flexibility index (Phi) is 6.82. The van der Waals surface area contributed by atoms with Gasteiger partial charge in [-0.3, -0.25) is 4.79 Å². The number of carbonyl (C=O) groups is 1. The number of nitrogens with zero attached hydrogens (tertiary/aromatic N) is 4. The Morgan fingerprint density at radius 3 is 2.43 bits per heavy atom. The molecule has 0 aliphatic rings. The molecule has 0 aliphatic carbocycles. The molecule has 0 atom stereocenters. The lowest BCUT2D eigenvalue weighted by atomic mass is 9.92. The fourth-order valence-corrected chi connectivity index (χ4v) is 2.82. The van der Waals surface area contributed by atoms with E-state index in [4.69, 9.17) is 4.74 Å². The number of unbranched alkanes of at least 4 members (excludes halogenated alkanes) is 2. The molecule has 0 bridgehead atoms. The first kappa shape index (κ1) is 21.5. The lowest BCUT2D eigenvalue weighted by Gasteiger charge is -2.13. The molecule has 0 aliphatic heterocycles. The minimum Gasteiger partial charge on any atom is -0.494 e. The van der Waals surface area contributed by atoms with Gasteiger partial charge in [0, 0.05) is 29.4 Å². The zero-order valence-corrected chi connectivity index (χ0v) is 18.1. The normalized spacial score (nSPS) is 11.3. The van der Waals surface area contributed by atoms with E-state index in [1.165, 1.54) is 0 Å². The van der Waals surface area contributed by atoms with Crippen LogP contribution in [0.1, 0.15) is 63.0 Å². The quantitative estimate of drug-likeness (QED) is 0.543. The summed E-state index contributed by atoms with van der Waals surface area (Å²) in [5.74, 6) is 1.46. The second-order valence-electron chi connectivity index (χ2n) is 8.16. The Bertz CT molecular complexity index is 960. The lowest BCUT2D eigenvalue weighted by Crippen LogP contribution is -2.16. The van der Waals surface area contributed by atoms with Crippen LogP contribution in [0.4, 0.5) is 5.82 Å². The number of amides is 1. The molecule has 3 aromatic rings. The maximum Gasteiger partial charge on any atom is 0.256 e. The van der Waals surface area contributed by atoms with Crippen LogP contribution in [-0.4, -0.2) is 32.3 Å². The molecule has 3 rings (SSSR count). The van der Waals surface area contributed by atoms with Crippen LogP contribution >= 0.6 is 0 Å². The Morgan fingerprint density at radius 2 is 1.80 bits per heavy atom. The van der Waals surface area contributed by atoms with Gasteiger partial charge in [0.15, 0.2) is 0 Å². The van der Waals surface area contributed by atoms with Crippen molar-refractivity contribution in [2.45, 2.75) is 52.4 Å². The molecule has 158 valence electrons. The number of hydrogen-bond donors (Lipinski definition) is 1. The molecular formula is C23H29N5O2. The first-order valence-electron chi connectivity index (χ1n) is 10.3. The van der Waals surface area contributed by atoms with Gasteiger partial charge in [0.05, 0.1) is 12.3 Å². The van der Waals surface area contributed by atoms with E-state index in [9.17, 15) is 4.79 Å². The summed E-state index contributed by atoms with van der Waals surface area (Å²) in [6.45, 7) is 9.04. The highest BCUT2D eigenvalue weighted by molar-refractivity contribution is 6.04. The molecule has 0 radical (unpaired) electrons. The largest absolute Gasteiger partial charge is 0.494 e. The monoisotopic (exact) mass is 407 g/mol. The summed E-state index contributed by atoms with van der Waals surface area (Å²) >= 11 is 0. The zero-order chi connectivity index (χ0) is 21.6. The SMILES string of the molecule is CCCCCOc1ccc(C(=O)Nc2cc(C(C)(C)C)nn2-c2ncccn2)cc1. The van der Waals surface area contributed by atoms with Crippen LogP contribution in [0.2, 0.25) is 0 Å². The average molecular weight is 408 g/mol. The smallest absolute Gasteiger partial charge is 0.256 e. The Morgan fingerprint density at radius 1 is 1.10 bits per heavy atom. The molecule has 0 saturated carbocycles. The molecule has 7 nitrogen and oxygen atoms in total. The third-order valence-electron chi connectivity index (χ3n) is 4.59. The lowest BCUT2D eigenvalue weighted by molar-refractivity contribution is 0.102. The Labute approximate surface area is 177 Å². The van der Waals surface area contributed by atoms with Gasteiger partial charge in [-0.15, -0.1) is 0 Å². The number of aromatic nitrogens is 4. The maximum absolute atomic E-state index is 12.8. The van der Waals surface area contributed by atoms with Crippen LogP contribution < -0.4 is 10.1 Å². The molecule has 2 aromatic heterocycles. The summed E-state index contributed by atoms with van der Waals surface area (Å²) in [5, 5.41) is 7.56. The number of ether oxygens (including phenoxy) is 1. The fourth-order valence-electron chi connectivity index (χ4n) is 2.82. The number of nitrogens with one attached hydrogen (secondary N) is 1. The van der Waals surface area contributed by atoms with Gasteiger partial charge in [0.2, 0.25) is 0 Å². The van der Waals surface area contributed by atoms with E-state index in [1.807, 2.05) is 18.2 Å². The van der Waals surface area contributed by atoms with Crippen molar-refractivity contribution in [2.75, 3.05) is 11.9 Å². The van der Waals surface area contributed by atoms with Crippen molar-refractivity contribution in [1.82, 2.24) is 19.7 Å². The first-order valence-corrected chi connectivity index (χ1v) is 10.3.